The molecule has 0 unspecified atom stereocenters. The van der Waals surface area contributed by atoms with Gasteiger partial charge in [-0.2, -0.15) is 0 Å². The van der Waals surface area contributed by atoms with Crippen molar-refractivity contribution in [3.8, 4) is 0 Å². The van der Waals surface area contributed by atoms with Crippen molar-refractivity contribution in [1.82, 2.24) is 0 Å². The molecule has 0 N–H and O–H groups in total. The Morgan fingerprint density at radius 2 is 1.60 bits per heavy atom. The molecule has 3 nitrogen and oxygen atoms in total. The van der Waals surface area contributed by atoms with Crippen LogP contribution in [0, 0.1) is 9.71 Å². The molecular weight excluding hydrogens is 236 g/mol. The summed E-state index contributed by atoms with van der Waals surface area (Å²) in [6.45, 7) is 0. The Hall–Kier alpha value is 0.738. The zero-order valence-electron chi connectivity index (χ0n) is 2.67. The third-order valence-electron chi connectivity index (χ3n) is 0. The summed E-state index contributed by atoms with van der Waals surface area (Å²) < 4.78 is 1.75. The summed E-state index contributed by atoms with van der Waals surface area (Å²) in [5.74, 6) is 0. The van der Waals surface area contributed by atoms with Crippen LogP contribution >= 0.6 is 0 Å². The molecule has 0 amide bonds. The van der Waals surface area contributed by atoms with Crippen LogP contribution in [0.5, 0.6) is 0 Å². The van der Waals surface area contributed by atoms with Crippen LogP contribution in [0.1, 0.15) is 0 Å². The van der Waals surface area contributed by atoms with Crippen molar-refractivity contribution in [1.29, 1.82) is 0 Å². The Balaban J connectivity index is -0.0000000200. The van der Waals surface area contributed by atoms with Crippen LogP contribution in [-0.4, -0.2) is 18.9 Å². The molecule has 0 saturated carbocycles. The number of hydrogen-bond donors (Lipinski definition) is 0. The SMILES string of the molecule is O=[O+][O-].[Li].[Ta]. The van der Waals surface area contributed by atoms with Crippen molar-refractivity contribution in [2.75, 3.05) is 0 Å². The molecule has 0 aliphatic carbocycles. The van der Waals surface area contributed by atoms with E-state index in [0.717, 1.165) is 0 Å². The Kier molecular flexibility index (Phi) is 75.3. The van der Waals surface area contributed by atoms with Gasteiger partial charge in [-0.3, -0.25) is 0 Å². The Morgan fingerprint density at radius 3 is 1.60 bits per heavy atom. The van der Waals surface area contributed by atoms with Crippen LogP contribution in [0.4, 0.5) is 0 Å². The Morgan fingerprint density at radius 1 is 1.60 bits per heavy atom. The smallest absolute Gasteiger partial charge is 0.0772 e. The molecule has 24 valence electrons. The first-order chi connectivity index (χ1) is 1.41. The number of hydrogen-bond acceptors (Lipinski definition) is 2. The van der Waals surface area contributed by atoms with E-state index in [1.807, 2.05) is 0 Å². The second-order valence-corrected chi connectivity index (χ2v) is 0.0680. The molecule has 0 bridgehead atoms. The van der Waals surface area contributed by atoms with Gasteiger partial charge in [-0.1, -0.05) is 10.2 Å². The first-order valence-corrected chi connectivity index (χ1v) is 0.333. The molecule has 0 aliphatic heterocycles. The minimum atomic E-state index is 0. The minimum absolute atomic E-state index is 0. The van der Waals surface area contributed by atoms with E-state index in [-0.39, 0.29) is 41.2 Å². The van der Waals surface area contributed by atoms with E-state index in [1.165, 1.54) is 0 Å². The molecule has 5 heavy (non-hydrogen) atoms. The van der Waals surface area contributed by atoms with Gasteiger partial charge in [0.2, 0.25) is 0 Å². The largest absolute Gasteiger partial charge is 0.154 e. The summed E-state index contributed by atoms with van der Waals surface area (Å²) in [5, 5.41) is 7.88. The second-order valence-electron chi connectivity index (χ2n) is 0.0680. The quantitative estimate of drug-likeness (QED) is 0.222. The van der Waals surface area contributed by atoms with Gasteiger partial charge in [0, 0.05) is 41.2 Å². The summed E-state index contributed by atoms with van der Waals surface area (Å²) >= 11 is 0. The van der Waals surface area contributed by atoms with Crippen molar-refractivity contribution >= 4 is 18.9 Å². The maximum absolute atomic E-state index is 7.88. The van der Waals surface area contributed by atoms with Gasteiger partial charge in [-0.25, -0.2) is 0 Å². The van der Waals surface area contributed by atoms with Crippen molar-refractivity contribution in [2.24, 2.45) is 0 Å². The molecule has 2 radical (unpaired) electrons. The average molecular weight is 236 g/mol. The summed E-state index contributed by atoms with van der Waals surface area (Å²) in [6, 6.07) is 0. The third kappa shape index (κ3) is 65.3. The fourth-order valence-electron chi connectivity index (χ4n) is 0. The summed E-state index contributed by atoms with van der Waals surface area (Å²) in [5.41, 5.74) is 0. The zero-order chi connectivity index (χ0) is 2.71. The topological polar surface area (TPSA) is 51.4 Å². The molecule has 0 aromatic carbocycles. The van der Waals surface area contributed by atoms with Crippen molar-refractivity contribution < 1.29 is 27.6 Å². The summed E-state index contributed by atoms with van der Waals surface area (Å²) in [4.78, 5) is 7.88. The molecule has 0 aromatic rings. The summed E-state index contributed by atoms with van der Waals surface area (Å²) in [6.07, 6.45) is 0. The van der Waals surface area contributed by atoms with Crippen LogP contribution in [-0.2, 0) is 22.4 Å². The normalized spacial score (nSPS) is 2.40. The molecule has 0 heterocycles. The average Bonchev–Trinajstić information content (AvgIpc) is 0.918. The van der Waals surface area contributed by atoms with E-state index in [2.05, 4.69) is 0 Å². The molecule has 0 rings (SSSR count). The monoisotopic (exact) mass is 236 g/mol. The fourth-order valence-corrected chi connectivity index (χ4v) is 0. The van der Waals surface area contributed by atoms with Gasteiger partial charge >= 0.3 is 0 Å². The molecular formula is LiO3Ta. The predicted octanol–water partition coefficient (Wildman–Crippen LogP) is -1.51. The van der Waals surface area contributed by atoms with Crippen LogP contribution in [0.25, 0.3) is 0 Å². The maximum Gasteiger partial charge on any atom is 0.154 e. The van der Waals surface area contributed by atoms with E-state index in [4.69, 9.17) is 10.2 Å². The molecule has 0 aliphatic rings. The van der Waals surface area contributed by atoms with Gasteiger partial charge in [-0.15, -0.1) is 0 Å². The van der Waals surface area contributed by atoms with E-state index in [1.54, 1.807) is 4.75 Å². The predicted molar refractivity (Wildman–Crippen MR) is 12.5 cm³/mol. The van der Waals surface area contributed by atoms with Gasteiger partial charge in [-0.05, 0) is 0 Å². The van der Waals surface area contributed by atoms with Crippen LogP contribution in [0.3, 0.4) is 0 Å². The Bertz CT molecular complexity index is 14.4. The minimum Gasteiger partial charge on any atom is -0.0772 e. The van der Waals surface area contributed by atoms with Crippen molar-refractivity contribution in [2.45, 2.75) is 0 Å². The van der Waals surface area contributed by atoms with Gasteiger partial charge < -0.3 is 0 Å². The first kappa shape index (κ1) is 17.2. The number of rotatable bonds is 0. The van der Waals surface area contributed by atoms with Crippen LogP contribution in [0.2, 0.25) is 0 Å². The van der Waals surface area contributed by atoms with Crippen molar-refractivity contribution in [3.63, 3.8) is 0 Å². The van der Waals surface area contributed by atoms with Crippen LogP contribution in [0.15, 0.2) is 0 Å². The van der Waals surface area contributed by atoms with Gasteiger partial charge in [0.1, 0.15) is 0 Å². The van der Waals surface area contributed by atoms with E-state index >= 15 is 0 Å². The summed E-state index contributed by atoms with van der Waals surface area (Å²) in [7, 11) is 0. The standard InChI is InChI=1S/Li.O3.Ta/c;1-3-2;. The molecule has 0 saturated heterocycles. The molecule has 5 heteroatoms. The Labute approximate surface area is 56.3 Å². The van der Waals surface area contributed by atoms with Gasteiger partial charge in [0.05, 0.1) is 0 Å². The van der Waals surface area contributed by atoms with E-state index in [9.17, 15) is 0 Å². The maximum atomic E-state index is 7.88. The van der Waals surface area contributed by atoms with Gasteiger partial charge in [0.25, 0.3) is 0 Å². The third-order valence-corrected chi connectivity index (χ3v) is 0. The zero-order valence-corrected chi connectivity index (χ0v) is 5.89. The van der Waals surface area contributed by atoms with Crippen molar-refractivity contribution in [3.05, 3.63) is 9.71 Å². The van der Waals surface area contributed by atoms with Crippen LogP contribution < -0.4 is 5.26 Å². The van der Waals surface area contributed by atoms with Gasteiger partial charge in [0.15, 0.2) is 4.75 Å². The molecule has 0 fully saturated rings. The second kappa shape index (κ2) is 21.9. The molecule has 0 atom stereocenters. The molecule has 0 aromatic heterocycles. The van der Waals surface area contributed by atoms with E-state index in [0.29, 0.717) is 0 Å². The molecule has 0 spiro atoms. The van der Waals surface area contributed by atoms with E-state index < -0.39 is 0 Å². The fraction of sp³-hybridized carbons (Fsp3) is 0. The first-order valence-electron chi connectivity index (χ1n) is 0.333.